The smallest absolute Gasteiger partial charge is 0.233 e. The number of nitrogens with zero attached hydrogens (tertiary/aromatic N) is 2. The van der Waals surface area contributed by atoms with Crippen molar-refractivity contribution in [1.29, 1.82) is 0 Å². The van der Waals surface area contributed by atoms with Crippen molar-refractivity contribution in [2.45, 2.75) is 31.1 Å². The topological polar surface area (TPSA) is 40.6 Å². The van der Waals surface area contributed by atoms with Crippen LogP contribution >= 0.6 is 23.4 Å². The maximum absolute atomic E-state index is 12.8. The van der Waals surface area contributed by atoms with Gasteiger partial charge in [-0.3, -0.25) is 9.59 Å². The third kappa shape index (κ3) is 4.68. The molecule has 1 heterocycles. The second kappa shape index (κ2) is 9.03. The molecule has 2 aromatic rings. The van der Waals surface area contributed by atoms with E-state index in [1.807, 2.05) is 47.9 Å². The van der Waals surface area contributed by atoms with Crippen LogP contribution in [-0.4, -0.2) is 53.5 Å². The molecule has 1 aliphatic heterocycles. The number of amides is 2. The number of benzene rings is 2. The Morgan fingerprint density at radius 3 is 2.37 bits per heavy atom. The van der Waals surface area contributed by atoms with E-state index in [1.165, 1.54) is 17.3 Å². The van der Waals surface area contributed by atoms with E-state index in [1.54, 1.807) is 0 Å². The van der Waals surface area contributed by atoms with Gasteiger partial charge in [0.15, 0.2) is 0 Å². The van der Waals surface area contributed by atoms with Crippen molar-refractivity contribution < 1.29 is 9.59 Å². The Hall–Kier alpha value is -1.98. The quantitative estimate of drug-likeness (QED) is 0.639. The first-order valence-electron chi connectivity index (χ1n) is 10.4. The summed E-state index contributed by atoms with van der Waals surface area (Å²) < 4.78 is 0. The Morgan fingerprint density at radius 2 is 1.70 bits per heavy atom. The lowest BCUT2D eigenvalue weighted by molar-refractivity contribution is -0.139. The van der Waals surface area contributed by atoms with E-state index in [-0.39, 0.29) is 17.7 Å². The molecule has 0 N–H and O–H groups in total. The highest BCUT2D eigenvalue weighted by atomic mass is 35.5. The van der Waals surface area contributed by atoms with Gasteiger partial charge in [0.2, 0.25) is 11.8 Å². The van der Waals surface area contributed by atoms with Gasteiger partial charge in [-0.1, -0.05) is 48.0 Å². The maximum Gasteiger partial charge on any atom is 0.233 e. The second-order valence-electron chi connectivity index (χ2n) is 8.25. The predicted molar refractivity (Wildman–Crippen MR) is 122 cm³/mol. The van der Waals surface area contributed by atoms with Crippen LogP contribution in [0.3, 0.4) is 0 Å². The number of thioether (sulfide) groups is 1. The lowest BCUT2D eigenvalue weighted by Crippen LogP contribution is -2.51. The van der Waals surface area contributed by atoms with Crippen molar-refractivity contribution in [1.82, 2.24) is 9.80 Å². The van der Waals surface area contributed by atoms with Gasteiger partial charge in [0.1, 0.15) is 0 Å². The molecular formula is C24H27ClN2O2S. The van der Waals surface area contributed by atoms with Gasteiger partial charge in [0.25, 0.3) is 0 Å². The lowest BCUT2D eigenvalue weighted by Gasteiger charge is -2.35. The molecule has 4 nitrogen and oxygen atoms in total. The highest BCUT2D eigenvalue weighted by molar-refractivity contribution is 8.00. The monoisotopic (exact) mass is 442 g/mol. The summed E-state index contributed by atoms with van der Waals surface area (Å²) in [6, 6.07) is 14.3. The third-order valence-corrected chi connectivity index (χ3v) is 7.63. The number of piperazine rings is 1. The fourth-order valence-electron chi connectivity index (χ4n) is 4.26. The number of hydrogen-bond acceptors (Lipinski definition) is 3. The summed E-state index contributed by atoms with van der Waals surface area (Å²) in [5.41, 5.74) is 3.48. The summed E-state index contributed by atoms with van der Waals surface area (Å²) in [7, 11) is 0. The molecular weight excluding hydrogens is 416 g/mol. The molecule has 2 fully saturated rings. The summed E-state index contributed by atoms with van der Waals surface area (Å²) in [6.07, 6.45) is 0.940. The zero-order valence-electron chi connectivity index (χ0n) is 17.4. The minimum Gasteiger partial charge on any atom is -0.339 e. The first-order chi connectivity index (χ1) is 14.4. The summed E-state index contributed by atoms with van der Waals surface area (Å²) in [5.74, 6) is 1.19. The van der Waals surface area contributed by atoms with E-state index in [0.29, 0.717) is 42.9 Å². The second-order valence-corrected chi connectivity index (χ2v) is 9.64. The largest absolute Gasteiger partial charge is 0.339 e. The molecule has 2 atom stereocenters. The van der Waals surface area contributed by atoms with E-state index >= 15 is 0 Å². The number of rotatable bonds is 5. The Bertz CT molecular complexity index is 918. The van der Waals surface area contributed by atoms with Crippen LogP contribution in [0.25, 0.3) is 0 Å². The zero-order valence-corrected chi connectivity index (χ0v) is 19.0. The van der Waals surface area contributed by atoms with Crippen molar-refractivity contribution in [3.05, 3.63) is 64.2 Å². The van der Waals surface area contributed by atoms with Crippen LogP contribution in [0.5, 0.6) is 0 Å². The first-order valence-corrected chi connectivity index (χ1v) is 11.8. The van der Waals surface area contributed by atoms with Gasteiger partial charge in [-0.15, -0.1) is 11.8 Å². The van der Waals surface area contributed by atoms with Crippen molar-refractivity contribution >= 4 is 35.2 Å². The van der Waals surface area contributed by atoms with E-state index in [9.17, 15) is 9.59 Å². The molecule has 1 saturated carbocycles. The Labute approximate surface area is 187 Å². The van der Waals surface area contributed by atoms with Crippen LogP contribution in [0.1, 0.15) is 29.0 Å². The molecule has 2 aromatic carbocycles. The molecule has 6 heteroatoms. The minimum atomic E-state index is 0.108. The van der Waals surface area contributed by atoms with Gasteiger partial charge >= 0.3 is 0 Å². The molecule has 1 saturated heterocycles. The van der Waals surface area contributed by atoms with E-state index in [0.717, 1.165) is 22.4 Å². The van der Waals surface area contributed by atoms with Gasteiger partial charge in [-0.25, -0.2) is 0 Å². The van der Waals surface area contributed by atoms with Crippen molar-refractivity contribution in [2.24, 2.45) is 5.92 Å². The maximum atomic E-state index is 12.8. The van der Waals surface area contributed by atoms with Crippen LogP contribution < -0.4 is 0 Å². The molecule has 4 rings (SSSR count). The van der Waals surface area contributed by atoms with Gasteiger partial charge in [0.05, 0.1) is 10.8 Å². The number of hydrogen-bond donors (Lipinski definition) is 0. The molecule has 2 aliphatic rings. The highest BCUT2D eigenvalue weighted by Gasteiger charge is 2.46. The standard InChI is InChI=1S/C24H27ClN2O2S/c1-16-12-17(2)23(21(25)13-16)30-15-22(28)26-8-10-27(11-9-26)24(29)20-14-19(20)18-6-4-3-5-7-18/h3-7,12-13,19-20H,8-11,14-15H2,1-2H3/t19-,20+/m0/s1. The summed E-state index contributed by atoms with van der Waals surface area (Å²) in [6.45, 7) is 6.50. The van der Waals surface area contributed by atoms with Gasteiger partial charge in [0, 0.05) is 37.0 Å². The zero-order chi connectivity index (χ0) is 21.3. The molecule has 1 aliphatic carbocycles. The highest BCUT2D eigenvalue weighted by Crippen LogP contribution is 2.48. The van der Waals surface area contributed by atoms with Crippen molar-refractivity contribution in [3.8, 4) is 0 Å². The van der Waals surface area contributed by atoms with Crippen LogP contribution in [0.2, 0.25) is 5.02 Å². The fourth-order valence-corrected chi connectivity index (χ4v) is 5.68. The fraction of sp³-hybridized carbons (Fsp3) is 0.417. The van der Waals surface area contributed by atoms with Gasteiger partial charge in [-0.2, -0.15) is 0 Å². The Kier molecular flexibility index (Phi) is 6.40. The molecule has 0 spiro atoms. The first kappa shape index (κ1) is 21.3. The van der Waals surface area contributed by atoms with Crippen LogP contribution in [0.4, 0.5) is 0 Å². The Morgan fingerprint density at radius 1 is 1.03 bits per heavy atom. The van der Waals surface area contributed by atoms with E-state index < -0.39 is 0 Å². The number of carbonyl (C=O) groups excluding carboxylic acids is 2. The van der Waals surface area contributed by atoms with E-state index in [4.69, 9.17) is 11.6 Å². The number of carbonyl (C=O) groups is 2. The average Bonchev–Trinajstić information content (AvgIpc) is 3.54. The predicted octanol–water partition coefficient (Wildman–Crippen LogP) is 4.52. The van der Waals surface area contributed by atoms with Crippen molar-refractivity contribution in [2.75, 3.05) is 31.9 Å². The molecule has 0 radical (unpaired) electrons. The molecule has 2 amide bonds. The molecule has 0 unspecified atom stereocenters. The Balaban J connectivity index is 1.26. The van der Waals surface area contributed by atoms with Crippen molar-refractivity contribution in [3.63, 3.8) is 0 Å². The van der Waals surface area contributed by atoms with E-state index in [2.05, 4.69) is 18.2 Å². The van der Waals surface area contributed by atoms with Crippen LogP contribution in [0.15, 0.2) is 47.4 Å². The summed E-state index contributed by atoms with van der Waals surface area (Å²) in [5, 5.41) is 0.707. The van der Waals surface area contributed by atoms with Crippen LogP contribution in [-0.2, 0) is 9.59 Å². The van der Waals surface area contributed by atoms with Crippen LogP contribution in [0, 0.1) is 19.8 Å². The minimum absolute atomic E-state index is 0.108. The SMILES string of the molecule is Cc1cc(C)c(SCC(=O)N2CCN(C(=O)[C@@H]3C[C@H]3c3ccccc3)CC2)c(Cl)c1. The average molecular weight is 443 g/mol. The third-order valence-electron chi connectivity index (χ3n) is 5.99. The summed E-state index contributed by atoms with van der Waals surface area (Å²) in [4.78, 5) is 30.3. The number of aryl methyl sites for hydroxylation is 2. The van der Waals surface area contributed by atoms with Gasteiger partial charge in [-0.05, 0) is 48.9 Å². The molecule has 158 valence electrons. The number of halogens is 1. The van der Waals surface area contributed by atoms with Gasteiger partial charge < -0.3 is 9.80 Å². The molecule has 30 heavy (non-hydrogen) atoms. The summed E-state index contributed by atoms with van der Waals surface area (Å²) >= 11 is 7.86. The molecule has 0 bridgehead atoms. The normalized spacial score (nSPS) is 20.9. The molecule has 0 aromatic heterocycles. The lowest BCUT2D eigenvalue weighted by atomic mass is 10.1.